The first-order chi connectivity index (χ1) is 10.1. The van der Waals surface area contributed by atoms with E-state index in [-0.39, 0.29) is 0 Å². The first-order valence-electron chi connectivity index (χ1n) is 6.94. The molecule has 2 aromatic heterocycles. The number of carboxylic acids is 1. The Morgan fingerprint density at radius 3 is 2.81 bits per heavy atom. The van der Waals surface area contributed by atoms with Gasteiger partial charge in [-0.1, -0.05) is 0 Å². The average Bonchev–Trinajstić information content (AvgIpc) is 3.02. The molecule has 108 valence electrons. The molecule has 0 aliphatic carbocycles. The second-order valence-electron chi connectivity index (χ2n) is 5.12. The molecule has 0 aliphatic heterocycles. The Balaban J connectivity index is 1.99. The molecule has 0 saturated heterocycles. The summed E-state index contributed by atoms with van der Waals surface area (Å²) in [5.74, 6) is -0.899. The maximum atomic E-state index is 11.0. The van der Waals surface area contributed by atoms with Crippen LogP contribution in [0.1, 0.15) is 28.7 Å². The third-order valence-corrected chi connectivity index (χ3v) is 3.64. The molecule has 0 atom stereocenters. The van der Waals surface area contributed by atoms with E-state index in [1.54, 1.807) is 12.1 Å². The van der Waals surface area contributed by atoms with Crippen molar-refractivity contribution < 1.29 is 9.90 Å². The third-order valence-electron chi connectivity index (χ3n) is 3.64. The highest BCUT2D eigenvalue weighted by Crippen LogP contribution is 2.19. The van der Waals surface area contributed by atoms with Crippen LogP contribution in [0.3, 0.4) is 0 Å². The number of hydrogen-bond donors (Lipinski definition) is 1. The van der Waals surface area contributed by atoms with Gasteiger partial charge in [0, 0.05) is 23.6 Å². The zero-order valence-electron chi connectivity index (χ0n) is 12.1. The van der Waals surface area contributed by atoms with Crippen molar-refractivity contribution >= 4 is 16.9 Å². The lowest BCUT2D eigenvalue weighted by Crippen LogP contribution is -2.07. The van der Waals surface area contributed by atoms with Gasteiger partial charge >= 0.3 is 5.97 Å². The number of aromatic nitrogens is 3. The molecule has 5 heteroatoms. The van der Waals surface area contributed by atoms with Crippen molar-refractivity contribution in [2.45, 2.75) is 26.9 Å². The quantitative estimate of drug-likeness (QED) is 0.801. The Kier molecular flexibility index (Phi) is 3.25. The minimum atomic E-state index is -0.899. The Morgan fingerprint density at radius 2 is 2.10 bits per heavy atom. The summed E-state index contributed by atoms with van der Waals surface area (Å²) in [6.07, 6.45) is 1.98. The van der Waals surface area contributed by atoms with E-state index in [2.05, 4.69) is 22.7 Å². The van der Waals surface area contributed by atoms with Gasteiger partial charge in [0.25, 0.3) is 0 Å². The molecule has 5 nitrogen and oxygen atoms in total. The number of aryl methyl sites for hydroxylation is 2. The molecule has 0 aliphatic rings. The molecule has 2 heterocycles. The number of nitrogens with zero attached hydrogens (tertiary/aromatic N) is 3. The van der Waals surface area contributed by atoms with Crippen molar-refractivity contribution in [2.75, 3.05) is 0 Å². The standard InChI is InChI=1S/C16H17N3O2/c1-3-19-14(8-11(2)17-19)10-18-7-6-12-9-13(16(20)21)4-5-15(12)18/h4-9H,3,10H2,1-2H3,(H,20,21). The van der Waals surface area contributed by atoms with Crippen LogP contribution in [-0.2, 0) is 13.1 Å². The van der Waals surface area contributed by atoms with Crippen LogP contribution in [0.25, 0.3) is 10.9 Å². The summed E-state index contributed by atoms with van der Waals surface area (Å²) in [6, 6.07) is 9.24. The van der Waals surface area contributed by atoms with Crippen LogP contribution < -0.4 is 0 Å². The van der Waals surface area contributed by atoms with Crippen LogP contribution in [-0.4, -0.2) is 25.4 Å². The number of benzene rings is 1. The fourth-order valence-corrected chi connectivity index (χ4v) is 2.65. The van der Waals surface area contributed by atoms with Crippen molar-refractivity contribution in [2.24, 2.45) is 0 Å². The summed E-state index contributed by atoms with van der Waals surface area (Å²) < 4.78 is 4.11. The summed E-state index contributed by atoms with van der Waals surface area (Å²) in [5, 5.41) is 14.4. The van der Waals surface area contributed by atoms with Crippen molar-refractivity contribution in [3.05, 3.63) is 53.5 Å². The lowest BCUT2D eigenvalue weighted by molar-refractivity contribution is 0.0697. The predicted octanol–water partition coefficient (Wildman–Crippen LogP) is 2.91. The molecule has 0 radical (unpaired) electrons. The van der Waals surface area contributed by atoms with Crippen LogP contribution >= 0.6 is 0 Å². The third kappa shape index (κ3) is 2.42. The van der Waals surface area contributed by atoms with E-state index in [1.165, 1.54) is 0 Å². The Labute approximate surface area is 122 Å². The molecule has 0 unspecified atom stereocenters. The van der Waals surface area contributed by atoms with E-state index in [0.29, 0.717) is 5.56 Å². The second-order valence-corrected chi connectivity index (χ2v) is 5.12. The average molecular weight is 283 g/mol. The smallest absolute Gasteiger partial charge is 0.335 e. The van der Waals surface area contributed by atoms with E-state index in [9.17, 15) is 4.79 Å². The lowest BCUT2D eigenvalue weighted by atomic mass is 10.1. The number of carboxylic acid groups (broad SMARTS) is 1. The van der Waals surface area contributed by atoms with E-state index >= 15 is 0 Å². The molecule has 21 heavy (non-hydrogen) atoms. The summed E-state index contributed by atoms with van der Waals surface area (Å²) in [6.45, 7) is 5.63. The zero-order chi connectivity index (χ0) is 15.0. The van der Waals surface area contributed by atoms with Crippen molar-refractivity contribution in [3.63, 3.8) is 0 Å². The summed E-state index contributed by atoms with van der Waals surface area (Å²) in [5.41, 5.74) is 3.50. The topological polar surface area (TPSA) is 60.0 Å². The van der Waals surface area contributed by atoms with Gasteiger partial charge in [0.05, 0.1) is 23.5 Å². The number of fused-ring (bicyclic) bond motifs is 1. The minimum Gasteiger partial charge on any atom is -0.478 e. The summed E-state index contributed by atoms with van der Waals surface area (Å²) in [7, 11) is 0. The maximum Gasteiger partial charge on any atom is 0.335 e. The van der Waals surface area contributed by atoms with Crippen LogP contribution in [0.5, 0.6) is 0 Å². The summed E-state index contributed by atoms with van der Waals surface area (Å²) >= 11 is 0. The van der Waals surface area contributed by atoms with Crippen molar-refractivity contribution in [1.82, 2.24) is 14.3 Å². The van der Waals surface area contributed by atoms with Gasteiger partial charge in [0.15, 0.2) is 0 Å². The predicted molar refractivity (Wildman–Crippen MR) is 80.6 cm³/mol. The van der Waals surface area contributed by atoms with Crippen LogP contribution in [0.4, 0.5) is 0 Å². The van der Waals surface area contributed by atoms with Gasteiger partial charge in [-0.15, -0.1) is 0 Å². The highest BCUT2D eigenvalue weighted by Gasteiger charge is 2.09. The molecule has 3 rings (SSSR count). The van der Waals surface area contributed by atoms with Crippen LogP contribution in [0, 0.1) is 6.92 Å². The normalized spacial score (nSPS) is 11.1. The van der Waals surface area contributed by atoms with Gasteiger partial charge < -0.3 is 9.67 Å². The molecule has 0 spiro atoms. The maximum absolute atomic E-state index is 11.0. The molecule has 1 aromatic carbocycles. The lowest BCUT2D eigenvalue weighted by Gasteiger charge is -2.07. The van der Waals surface area contributed by atoms with E-state index in [0.717, 1.165) is 35.4 Å². The minimum absolute atomic E-state index is 0.315. The Morgan fingerprint density at radius 1 is 1.29 bits per heavy atom. The SMILES string of the molecule is CCn1nc(C)cc1Cn1ccc2cc(C(=O)O)ccc21. The molecule has 1 N–H and O–H groups in total. The zero-order valence-corrected chi connectivity index (χ0v) is 12.1. The monoisotopic (exact) mass is 283 g/mol. The van der Waals surface area contributed by atoms with Crippen molar-refractivity contribution in [3.8, 4) is 0 Å². The van der Waals surface area contributed by atoms with Crippen molar-refractivity contribution in [1.29, 1.82) is 0 Å². The molecule has 0 saturated carbocycles. The van der Waals surface area contributed by atoms with Gasteiger partial charge in [0.2, 0.25) is 0 Å². The Bertz CT molecular complexity index is 814. The van der Waals surface area contributed by atoms with Gasteiger partial charge in [-0.05, 0) is 44.2 Å². The number of aromatic carboxylic acids is 1. The van der Waals surface area contributed by atoms with Gasteiger partial charge in [-0.2, -0.15) is 5.10 Å². The van der Waals surface area contributed by atoms with Gasteiger partial charge in [0.1, 0.15) is 0 Å². The van der Waals surface area contributed by atoms with Gasteiger partial charge in [-0.3, -0.25) is 4.68 Å². The number of rotatable bonds is 4. The first kappa shape index (κ1) is 13.4. The molecule has 0 fully saturated rings. The highest BCUT2D eigenvalue weighted by atomic mass is 16.4. The number of hydrogen-bond acceptors (Lipinski definition) is 2. The Hall–Kier alpha value is -2.56. The largest absolute Gasteiger partial charge is 0.478 e. The number of carbonyl (C=O) groups is 1. The van der Waals surface area contributed by atoms with Crippen LogP contribution in [0.2, 0.25) is 0 Å². The molecule has 0 bridgehead atoms. The molecular weight excluding hydrogens is 266 g/mol. The molecule has 0 amide bonds. The van der Waals surface area contributed by atoms with Crippen LogP contribution in [0.15, 0.2) is 36.5 Å². The fraction of sp³-hybridized carbons (Fsp3) is 0.250. The van der Waals surface area contributed by atoms with Gasteiger partial charge in [-0.25, -0.2) is 4.79 Å². The fourth-order valence-electron chi connectivity index (χ4n) is 2.65. The summed E-state index contributed by atoms with van der Waals surface area (Å²) in [4.78, 5) is 11.0. The first-order valence-corrected chi connectivity index (χ1v) is 6.94. The highest BCUT2D eigenvalue weighted by molar-refractivity contribution is 5.93. The van der Waals surface area contributed by atoms with E-state index in [4.69, 9.17) is 5.11 Å². The second kappa shape index (κ2) is 5.09. The van der Waals surface area contributed by atoms with E-state index in [1.807, 2.05) is 29.9 Å². The van der Waals surface area contributed by atoms with E-state index < -0.39 is 5.97 Å². The molecular formula is C16H17N3O2. The molecule has 3 aromatic rings.